The fourth-order valence-electron chi connectivity index (χ4n) is 1.35. The smallest absolute Gasteiger partial charge is 0.00965 e. The Hall–Kier alpha value is -0.0800. The Morgan fingerprint density at radius 2 is 2.27 bits per heavy atom. The van der Waals surface area contributed by atoms with Crippen LogP contribution in [0.25, 0.3) is 0 Å². The Balaban J connectivity index is 1.94. The molecule has 11 heavy (non-hydrogen) atoms. The Morgan fingerprint density at radius 1 is 1.64 bits per heavy atom. The van der Waals surface area contributed by atoms with E-state index in [1.54, 1.807) is 0 Å². The molecule has 2 heteroatoms. The molecule has 0 aromatic carbocycles. The molecule has 3 atom stereocenters. The molecule has 0 aromatic heterocycles. The van der Waals surface area contributed by atoms with Crippen LogP contribution in [0, 0.1) is 11.8 Å². The molecule has 0 aromatic rings. The molecule has 3 unspecified atom stereocenters. The van der Waals surface area contributed by atoms with Crippen LogP contribution in [-0.4, -0.2) is 19.1 Å². The van der Waals surface area contributed by atoms with Crippen LogP contribution in [-0.2, 0) is 0 Å². The van der Waals surface area contributed by atoms with Gasteiger partial charge in [0, 0.05) is 6.04 Å². The van der Waals surface area contributed by atoms with Crippen molar-refractivity contribution < 1.29 is 0 Å². The third-order valence-electron chi connectivity index (χ3n) is 2.50. The molecule has 1 rings (SSSR count). The Kier molecular flexibility index (Phi) is 3.34. The number of rotatable bonds is 5. The molecular weight excluding hydrogens is 136 g/mol. The maximum atomic E-state index is 5.45. The maximum absolute atomic E-state index is 5.45. The first-order valence-electron chi connectivity index (χ1n) is 4.67. The third-order valence-corrected chi connectivity index (χ3v) is 2.50. The van der Waals surface area contributed by atoms with Crippen LogP contribution in [0.15, 0.2) is 0 Å². The highest BCUT2D eigenvalue weighted by atomic mass is 15.0. The van der Waals surface area contributed by atoms with Crippen LogP contribution in [0.4, 0.5) is 0 Å². The summed E-state index contributed by atoms with van der Waals surface area (Å²) in [5, 5.41) is 3.54. The van der Waals surface area contributed by atoms with Gasteiger partial charge in [-0.05, 0) is 37.8 Å². The SMILES string of the molecule is CC(CCN)CNC1CC1C. The van der Waals surface area contributed by atoms with Crippen molar-refractivity contribution in [1.82, 2.24) is 5.32 Å². The van der Waals surface area contributed by atoms with Crippen LogP contribution in [0.2, 0.25) is 0 Å². The summed E-state index contributed by atoms with van der Waals surface area (Å²) in [5.74, 6) is 1.66. The quantitative estimate of drug-likeness (QED) is 0.622. The minimum absolute atomic E-state index is 0.743. The molecule has 0 bridgehead atoms. The van der Waals surface area contributed by atoms with Crippen molar-refractivity contribution in [2.45, 2.75) is 32.7 Å². The largest absolute Gasteiger partial charge is 0.330 e. The van der Waals surface area contributed by atoms with Crippen molar-refractivity contribution in [3.05, 3.63) is 0 Å². The van der Waals surface area contributed by atoms with Crippen LogP contribution >= 0.6 is 0 Å². The van der Waals surface area contributed by atoms with Crippen molar-refractivity contribution in [2.24, 2.45) is 17.6 Å². The highest BCUT2D eigenvalue weighted by Crippen LogP contribution is 2.28. The fraction of sp³-hybridized carbons (Fsp3) is 1.00. The van der Waals surface area contributed by atoms with Gasteiger partial charge in [0.25, 0.3) is 0 Å². The van der Waals surface area contributed by atoms with E-state index >= 15 is 0 Å². The maximum Gasteiger partial charge on any atom is 0.00965 e. The lowest BCUT2D eigenvalue weighted by Crippen LogP contribution is -2.25. The second-order valence-electron chi connectivity index (χ2n) is 3.91. The number of nitrogens with two attached hydrogens (primary N) is 1. The van der Waals surface area contributed by atoms with Crippen molar-refractivity contribution in [1.29, 1.82) is 0 Å². The van der Waals surface area contributed by atoms with E-state index in [1.165, 1.54) is 6.42 Å². The molecule has 1 aliphatic rings. The summed E-state index contributed by atoms with van der Waals surface area (Å²) in [6, 6.07) is 0.815. The Bertz CT molecular complexity index is 114. The fourth-order valence-corrected chi connectivity index (χ4v) is 1.35. The Morgan fingerprint density at radius 3 is 2.73 bits per heavy atom. The van der Waals surface area contributed by atoms with Gasteiger partial charge in [-0.2, -0.15) is 0 Å². The van der Waals surface area contributed by atoms with Crippen LogP contribution in [0.1, 0.15) is 26.7 Å². The van der Waals surface area contributed by atoms with Gasteiger partial charge >= 0.3 is 0 Å². The van der Waals surface area contributed by atoms with Crippen molar-refractivity contribution in [3.8, 4) is 0 Å². The van der Waals surface area contributed by atoms with Gasteiger partial charge in [-0.15, -0.1) is 0 Å². The van der Waals surface area contributed by atoms with Gasteiger partial charge in [0.1, 0.15) is 0 Å². The summed E-state index contributed by atoms with van der Waals surface area (Å²) in [7, 11) is 0. The summed E-state index contributed by atoms with van der Waals surface area (Å²) in [6.07, 6.45) is 2.52. The summed E-state index contributed by atoms with van der Waals surface area (Å²) in [4.78, 5) is 0. The molecule has 1 saturated carbocycles. The first-order valence-corrected chi connectivity index (χ1v) is 4.67. The summed E-state index contributed by atoms with van der Waals surface area (Å²) < 4.78 is 0. The second-order valence-corrected chi connectivity index (χ2v) is 3.91. The zero-order valence-corrected chi connectivity index (χ0v) is 7.64. The second kappa shape index (κ2) is 4.07. The Labute approximate surface area is 69.5 Å². The van der Waals surface area contributed by atoms with E-state index < -0.39 is 0 Å². The summed E-state index contributed by atoms with van der Waals surface area (Å²) in [6.45, 7) is 6.52. The standard InChI is InChI=1S/C9H20N2/c1-7(3-4-10)6-11-9-5-8(9)2/h7-9,11H,3-6,10H2,1-2H3. The minimum atomic E-state index is 0.743. The zero-order chi connectivity index (χ0) is 8.27. The topological polar surface area (TPSA) is 38.0 Å². The number of hydrogen-bond donors (Lipinski definition) is 2. The van der Waals surface area contributed by atoms with E-state index in [2.05, 4.69) is 19.2 Å². The third kappa shape index (κ3) is 3.21. The molecule has 0 spiro atoms. The summed E-state index contributed by atoms with van der Waals surface area (Å²) >= 11 is 0. The zero-order valence-electron chi connectivity index (χ0n) is 7.64. The van der Waals surface area contributed by atoms with Crippen molar-refractivity contribution >= 4 is 0 Å². The first-order chi connectivity index (χ1) is 5.24. The molecule has 0 amide bonds. The van der Waals surface area contributed by atoms with Gasteiger partial charge in [-0.3, -0.25) is 0 Å². The van der Waals surface area contributed by atoms with E-state index in [9.17, 15) is 0 Å². The molecule has 0 radical (unpaired) electrons. The van der Waals surface area contributed by atoms with E-state index in [4.69, 9.17) is 5.73 Å². The monoisotopic (exact) mass is 156 g/mol. The highest BCUT2D eigenvalue weighted by Gasteiger charge is 2.31. The van der Waals surface area contributed by atoms with E-state index in [-0.39, 0.29) is 0 Å². The van der Waals surface area contributed by atoms with Gasteiger partial charge in [-0.1, -0.05) is 13.8 Å². The predicted octanol–water partition coefficient (Wildman–Crippen LogP) is 0.969. The van der Waals surface area contributed by atoms with Crippen LogP contribution < -0.4 is 11.1 Å². The first kappa shape index (κ1) is 9.01. The van der Waals surface area contributed by atoms with Gasteiger partial charge in [0.15, 0.2) is 0 Å². The molecule has 1 aliphatic carbocycles. The molecule has 0 aliphatic heterocycles. The lowest BCUT2D eigenvalue weighted by molar-refractivity contribution is 0.479. The normalized spacial score (nSPS) is 31.9. The lowest BCUT2D eigenvalue weighted by atomic mass is 10.1. The molecule has 66 valence electrons. The number of hydrogen-bond acceptors (Lipinski definition) is 2. The number of nitrogens with one attached hydrogen (secondary N) is 1. The predicted molar refractivity (Wildman–Crippen MR) is 48.4 cm³/mol. The molecule has 1 fully saturated rings. The van der Waals surface area contributed by atoms with Gasteiger partial charge in [0.05, 0.1) is 0 Å². The average Bonchev–Trinajstić information content (AvgIpc) is 2.63. The van der Waals surface area contributed by atoms with Crippen molar-refractivity contribution in [3.63, 3.8) is 0 Å². The average molecular weight is 156 g/mol. The van der Waals surface area contributed by atoms with E-state index in [1.807, 2.05) is 0 Å². The molecular formula is C9H20N2. The minimum Gasteiger partial charge on any atom is -0.330 e. The van der Waals surface area contributed by atoms with Crippen LogP contribution in [0.5, 0.6) is 0 Å². The van der Waals surface area contributed by atoms with Crippen LogP contribution in [0.3, 0.4) is 0 Å². The van der Waals surface area contributed by atoms with Crippen molar-refractivity contribution in [2.75, 3.05) is 13.1 Å². The summed E-state index contributed by atoms with van der Waals surface area (Å²) in [5.41, 5.74) is 5.45. The van der Waals surface area contributed by atoms with E-state index in [0.29, 0.717) is 0 Å². The molecule has 0 saturated heterocycles. The van der Waals surface area contributed by atoms with Gasteiger partial charge in [-0.25, -0.2) is 0 Å². The van der Waals surface area contributed by atoms with Gasteiger partial charge < -0.3 is 11.1 Å². The molecule has 3 N–H and O–H groups in total. The molecule has 0 heterocycles. The molecule has 2 nitrogen and oxygen atoms in total. The van der Waals surface area contributed by atoms with E-state index in [0.717, 1.165) is 37.4 Å². The lowest BCUT2D eigenvalue weighted by Gasteiger charge is -2.10. The van der Waals surface area contributed by atoms with Gasteiger partial charge in [0.2, 0.25) is 0 Å². The highest BCUT2D eigenvalue weighted by molar-refractivity contribution is 4.89.